The fourth-order valence-electron chi connectivity index (χ4n) is 4.15. The Kier molecular flexibility index (Phi) is 4.40. The lowest BCUT2D eigenvalue weighted by atomic mass is 10.0. The van der Waals surface area contributed by atoms with Crippen molar-refractivity contribution in [2.75, 3.05) is 19.0 Å². The molecule has 0 saturated carbocycles. The molecule has 6 rings (SSSR count). The number of rotatable bonds is 4. The van der Waals surface area contributed by atoms with Crippen LogP contribution in [0.1, 0.15) is 0 Å². The predicted octanol–water partition coefficient (Wildman–Crippen LogP) is 5.30. The standard InChI is InChI=1S/C26H21N7/c1-33(2)18-9-17(13-28-14-18)23-11-21-25(15-29-23)31-32-26(21)24-10-20-19(6-3-7-22(20)30-24)16-5-4-8-27-12-16/h3-15,30H,1-2H3,(H,31,32). The Hall–Kier alpha value is -4.52. The molecule has 2 N–H and O–H groups in total. The van der Waals surface area contributed by atoms with Gasteiger partial charge in [-0.3, -0.25) is 20.1 Å². The zero-order valence-electron chi connectivity index (χ0n) is 18.2. The minimum Gasteiger partial charge on any atom is -0.376 e. The number of pyridine rings is 3. The first-order valence-corrected chi connectivity index (χ1v) is 10.7. The molecule has 0 unspecified atom stereocenters. The monoisotopic (exact) mass is 431 g/mol. The molecular weight excluding hydrogens is 410 g/mol. The van der Waals surface area contributed by atoms with Crippen LogP contribution in [0.5, 0.6) is 0 Å². The summed E-state index contributed by atoms with van der Waals surface area (Å²) in [5.41, 5.74) is 8.82. The van der Waals surface area contributed by atoms with Crippen molar-refractivity contribution in [3.63, 3.8) is 0 Å². The minimum atomic E-state index is 0.855. The SMILES string of the molecule is CN(C)c1cncc(-c2cc3c(-c4cc5c(-c6cccnc6)cccc5[nH]4)n[nH]c3cn2)c1. The van der Waals surface area contributed by atoms with E-state index in [9.17, 15) is 0 Å². The van der Waals surface area contributed by atoms with Crippen LogP contribution < -0.4 is 4.90 Å². The molecule has 0 spiro atoms. The number of anilines is 1. The number of aromatic amines is 2. The number of fused-ring (bicyclic) bond motifs is 2. The summed E-state index contributed by atoms with van der Waals surface area (Å²) in [6, 6.07) is 16.6. The summed E-state index contributed by atoms with van der Waals surface area (Å²) in [4.78, 5) is 18.9. The van der Waals surface area contributed by atoms with E-state index in [0.29, 0.717) is 0 Å². The van der Waals surface area contributed by atoms with Gasteiger partial charge in [0.2, 0.25) is 0 Å². The van der Waals surface area contributed by atoms with Crippen molar-refractivity contribution in [2.24, 2.45) is 0 Å². The lowest BCUT2D eigenvalue weighted by Crippen LogP contribution is -2.08. The Morgan fingerprint density at radius 2 is 1.70 bits per heavy atom. The molecule has 0 atom stereocenters. The van der Waals surface area contributed by atoms with Crippen LogP contribution in [-0.2, 0) is 0 Å². The van der Waals surface area contributed by atoms with Crippen molar-refractivity contribution in [3.05, 3.63) is 79.5 Å². The molecule has 0 aliphatic rings. The summed E-state index contributed by atoms with van der Waals surface area (Å²) in [5, 5.41) is 9.87. The molecule has 1 aromatic carbocycles. The van der Waals surface area contributed by atoms with Gasteiger partial charge in [0.25, 0.3) is 0 Å². The highest BCUT2D eigenvalue weighted by Crippen LogP contribution is 2.34. The molecule has 6 aromatic rings. The van der Waals surface area contributed by atoms with Crippen LogP contribution >= 0.6 is 0 Å². The molecule has 7 heteroatoms. The highest BCUT2D eigenvalue weighted by atomic mass is 15.1. The molecule has 0 aliphatic heterocycles. The number of nitrogens with zero attached hydrogens (tertiary/aromatic N) is 5. The van der Waals surface area contributed by atoms with Crippen molar-refractivity contribution in [1.82, 2.24) is 30.1 Å². The van der Waals surface area contributed by atoms with Gasteiger partial charge in [-0.05, 0) is 35.9 Å². The largest absolute Gasteiger partial charge is 0.376 e. The summed E-state index contributed by atoms with van der Waals surface area (Å²) < 4.78 is 0. The molecule has 7 nitrogen and oxygen atoms in total. The van der Waals surface area contributed by atoms with Crippen molar-refractivity contribution in [1.29, 1.82) is 0 Å². The molecule has 0 saturated heterocycles. The fraction of sp³-hybridized carbons (Fsp3) is 0.0769. The third-order valence-electron chi connectivity index (χ3n) is 5.88. The van der Waals surface area contributed by atoms with E-state index in [-0.39, 0.29) is 0 Å². The Bertz CT molecular complexity index is 1600. The van der Waals surface area contributed by atoms with E-state index in [4.69, 9.17) is 0 Å². The summed E-state index contributed by atoms with van der Waals surface area (Å²) in [6.07, 6.45) is 9.18. The number of nitrogens with one attached hydrogen (secondary N) is 2. The first kappa shape index (κ1) is 19.2. The third-order valence-corrected chi connectivity index (χ3v) is 5.88. The van der Waals surface area contributed by atoms with E-state index in [1.54, 1.807) is 6.20 Å². The van der Waals surface area contributed by atoms with Gasteiger partial charge in [-0.15, -0.1) is 0 Å². The van der Waals surface area contributed by atoms with Crippen LogP contribution in [0.4, 0.5) is 5.69 Å². The highest BCUT2D eigenvalue weighted by molar-refractivity contribution is 6.01. The van der Waals surface area contributed by atoms with Crippen molar-refractivity contribution < 1.29 is 0 Å². The van der Waals surface area contributed by atoms with Crippen LogP contribution in [0.2, 0.25) is 0 Å². The van der Waals surface area contributed by atoms with Crippen molar-refractivity contribution >= 4 is 27.5 Å². The van der Waals surface area contributed by atoms with Gasteiger partial charge in [0.1, 0.15) is 5.69 Å². The molecule has 0 bridgehead atoms. The van der Waals surface area contributed by atoms with Gasteiger partial charge in [0.15, 0.2) is 0 Å². The molecule has 5 heterocycles. The maximum Gasteiger partial charge on any atom is 0.116 e. The minimum absolute atomic E-state index is 0.855. The molecule has 0 amide bonds. The van der Waals surface area contributed by atoms with E-state index in [2.05, 4.69) is 72.6 Å². The molecule has 0 radical (unpaired) electrons. The van der Waals surface area contributed by atoms with Crippen LogP contribution in [0.25, 0.3) is 55.6 Å². The second kappa shape index (κ2) is 7.56. The lowest BCUT2D eigenvalue weighted by molar-refractivity contribution is 1.11. The molecule has 160 valence electrons. The molecule has 0 aliphatic carbocycles. The Morgan fingerprint density at radius 1 is 0.788 bits per heavy atom. The highest BCUT2D eigenvalue weighted by Gasteiger charge is 2.15. The van der Waals surface area contributed by atoms with E-state index in [1.165, 1.54) is 0 Å². The number of benzene rings is 1. The summed E-state index contributed by atoms with van der Waals surface area (Å²) >= 11 is 0. The first-order valence-electron chi connectivity index (χ1n) is 10.7. The number of H-pyrrole nitrogens is 2. The van der Waals surface area contributed by atoms with Crippen LogP contribution in [0.3, 0.4) is 0 Å². The number of aromatic nitrogens is 6. The lowest BCUT2D eigenvalue weighted by Gasteiger charge is -2.12. The topological polar surface area (TPSA) is 86.4 Å². The molecule has 33 heavy (non-hydrogen) atoms. The van der Waals surface area contributed by atoms with Crippen LogP contribution in [-0.4, -0.2) is 44.2 Å². The van der Waals surface area contributed by atoms with E-state index in [0.717, 1.165) is 61.3 Å². The molecule has 0 fully saturated rings. The van der Waals surface area contributed by atoms with E-state index in [1.807, 2.05) is 49.8 Å². The zero-order chi connectivity index (χ0) is 22.4. The fourth-order valence-corrected chi connectivity index (χ4v) is 4.15. The van der Waals surface area contributed by atoms with Gasteiger partial charge < -0.3 is 9.88 Å². The van der Waals surface area contributed by atoms with Crippen LogP contribution in [0.15, 0.2) is 79.5 Å². The van der Waals surface area contributed by atoms with Crippen LogP contribution in [0, 0.1) is 0 Å². The normalized spacial score (nSPS) is 11.3. The second-order valence-corrected chi connectivity index (χ2v) is 8.21. The zero-order valence-corrected chi connectivity index (χ0v) is 18.2. The van der Waals surface area contributed by atoms with Crippen molar-refractivity contribution in [3.8, 4) is 33.8 Å². The van der Waals surface area contributed by atoms with Gasteiger partial charge in [-0.1, -0.05) is 18.2 Å². The number of hydrogen-bond acceptors (Lipinski definition) is 5. The molecule has 5 aromatic heterocycles. The first-order chi connectivity index (χ1) is 16.2. The maximum atomic E-state index is 4.63. The number of hydrogen-bond donors (Lipinski definition) is 2. The Balaban J connectivity index is 1.48. The third kappa shape index (κ3) is 3.30. The van der Waals surface area contributed by atoms with E-state index < -0.39 is 0 Å². The summed E-state index contributed by atoms with van der Waals surface area (Å²) in [6.45, 7) is 0. The quantitative estimate of drug-likeness (QED) is 0.396. The molecular formula is C26H21N7. The maximum absolute atomic E-state index is 4.63. The Morgan fingerprint density at radius 3 is 2.55 bits per heavy atom. The van der Waals surface area contributed by atoms with Gasteiger partial charge in [-0.25, -0.2) is 0 Å². The second-order valence-electron chi connectivity index (χ2n) is 8.21. The van der Waals surface area contributed by atoms with E-state index >= 15 is 0 Å². The van der Waals surface area contributed by atoms with Crippen molar-refractivity contribution in [2.45, 2.75) is 0 Å². The Labute approximate surface area is 190 Å². The predicted molar refractivity (Wildman–Crippen MR) is 132 cm³/mol. The summed E-state index contributed by atoms with van der Waals surface area (Å²) in [7, 11) is 4.00. The van der Waals surface area contributed by atoms with Gasteiger partial charge in [0, 0.05) is 60.1 Å². The summed E-state index contributed by atoms with van der Waals surface area (Å²) in [5.74, 6) is 0. The average molecular weight is 432 g/mol. The van der Waals surface area contributed by atoms with Gasteiger partial charge in [0.05, 0.1) is 35.0 Å². The van der Waals surface area contributed by atoms with Gasteiger partial charge >= 0.3 is 0 Å². The van der Waals surface area contributed by atoms with Gasteiger partial charge in [-0.2, -0.15) is 5.10 Å². The average Bonchev–Trinajstić information content (AvgIpc) is 3.48. The smallest absolute Gasteiger partial charge is 0.116 e.